The van der Waals surface area contributed by atoms with E-state index in [4.69, 9.17) is 20.0 Å². The van der Waals surface area contributed by atoms with Gasteiger partial charge in [-0.05, 0) is 126 Å². The number of hydrogen-bond acceptors (Lipinski definition) is 6. The smallest absolute Gasteiger partial charge is 0.129 e. The van der Waals surface area contributed by atoms with Gasteiger partial charge in [-0.2, -0.15) is 0 Å². The Morgan fingerprint density at radius 2 is 0.769 bits per heavy atom. The van der Waals surface area contributed by atoms with Crippen LogP contribution in [0.25, 0.3) is 0 Å². The van der Waals surface area contributed by atoms with E-state index in [1.54, 1.807) is 0 Å². The maximum absolute atomic E-state index is 5.04. The molecule has 0 amide bonds. The van der Waals surface area contributed by atoms with E-state index in [1.807, 2.05) is 23.5 Å². The van der Waals surface area contributed by atoms with Gasteiger partial charge in [0.25, 0.3) is 0 Å². The van der Waals surface area contributed by atoms with Crippen molar-refractivity contribution in [2.45, 2.75) is 109 Å². The van der Waals surface area contributed by atoms with Crippen molar-refractivity contribution < 1.29 is 0 Å². The van der Waals surface area contributed by atoms with Gasteiger partial charge in [-0.1, -0.05) is 99.5 Å². The molecule has 1 aliphatic rings. The molecule has 0 atom stereocenters. The van der Waals surface area contributed by atoms with E-state index in [0.717, 1.165) is 81.4 Å². The van der Waals surface area contributed by atoms with E-state index < -0.39 is 0 Å². The van der Waals surface area contributed by atoms with Crippen molar-refractivity contribution in [3.05, 3.63) is 116 Å². The van der Waals surface area contributed by atoms with Crippen molar-refractivity contribution in [3.8, 4) is 0 Å². The fourth-order valence-electron chi connectivity index (χ4n) is 6.68. The van der Waals surface area contributed by atoms with Crippen molar-refractivity contribution in [1.29, 1.82) is 0 Å². The van der Waals surface area contributed by atoms with Gasteiger partial charge >= 0.3 is 0 Å². The number of rotatable bonds is 9. The van der Waals surface area contributed by atoms with Gasteiger partial charge in [0.05, 0.1) is 34.2 Å². The van der Waals surface area contributed by atoms with Crippen molar-refractivity contribution in [1.82, 2.24) is 0 Å². The summed E-state index contributed by atoms with van der Waals surface area (Å²) in [6, 6.07) is 21.8. The molecule has 1 heterocycles. The second kappa shape index (κ2) is 19.4. The summed E-state index contributed by atoms with van der Waals surface area (Å²) in [4.78, 5) is 20.1. The molecule has 0 unspecified atom stereocenters. The van der Waals surface area contributed by atoms with Gasteiger partial charge in [0.15, 0.2) is 0 Å². The van der Waals surface area contributed by atoms with Gasteiger partial charge in [0, 0.05) is 11.5 Å². The minimum Gasteiger partial charge on any atom is -0.251 e. The fraction of sp³-hybridized carbons (Fsp3) is 0.391. The molecule has 1 fully saturated rings. The molecule has 52 heavy (non-hydrogen) atoms. The zero-order valence-electron chi connectivity index (χ0n) is 33.6. The Morgan fingerprint density at radius 1 is 0.481 bits per heavy atom. The van der Waals surface area contributed by atoms with E-state index in [-0.39, 0.29) is 0 Å². The van der Waals surface area contributed by atoms with E-state index in [1.165, 1.54) is 55.6 Å². The Kier molecular flexibility index (Phi) is 15.3. The zero-order valence-corrected chi connectivity index (χ0v) is 35.3. The number of para-hydroxylation sites is 2. The Balaban J connectivity index is 0.000000233. The van der Waals surface area contributed by atoms with Gasteiger partial charge in [-0.25, -0.2) is 9.98 Å². The summed E-state index contributed by atoms with van der Waals surface area (Å²) in [5.41, 5.74) is 19.1. The highest BCUT2D eigenvalue weighted by Crippen LogP contribution is 2.34. The lowest BCUT2D eigenvalue weighted by Crippen LogP contribution is -2.14. The van der Waals surface area contributed by atoms with E-state index in [0.29, 0.717) is 0 Å². The lowest BCUT2D eigenvalue weighted by atomic mass is 10.0. The molecule has 4 nitrogen and oxygen atoms in total. The van der Waals surface area contributed by atoms with Gasteiger partial charge in [-0.3, -0.25) is 9.98 Å². The lowest BCUT2D eigenvalue weighted by Gasteiger charge is -2.17. The van der Waals surface area contributed by atoms with Crippen LogP contribution in [0.3, 0.4) is 0 Å². The van der Waals surface area contributed by atoms with Crippen LogP contribution in [0.2, 0.25) is 0 Å². The van der Waals surface area contributed by atoms with Crippen molar-refractivity contribution in [2.75, 3.05) is 11.5 Å². The summed E-state index contributed by atoms with van der Waals surface area (Å²) in [7, 11) is 0. The highest BCUT2D eigenvalue weighted by molar-refractivity contribution is 8.27. The molecule has 1 aliphatic heterocycles. The zero-order chi connectivity index (χ0) is 37.9. The molecule has 0 aromatic heterocycles. The van der Waals surface area contributed by atoms with Crippen molar-refractivity contribution in [3.63, 3.8) is 0 Å². The number of hydrogen-bond donors (Lipinski definition) is 0. The molecule has 0 N–H and O–H groups in total. The normalized spacial score (nSPS) is 15.2. The molecular weight excluding hydrogens is 673 g/mol. The minimum atomic E-state index is 0.994. The highest BCUT2D eigenvalue weighted by atomic mass is 32.2. The predicted octanol–water partition coefficient (Wildman–Crippen LogP) is 13.6. The average molecular weight is 731 g/mol. The first kappa shape index (κ1) is 41.0. The highest BCUT2D eigenvalue weighted by Gasteiger charge is 2.19. The van der Waals surface area contributed by atoms with Crippen LogP contribution in [0, 0.1) is 41.5 Å². The fourth-order valence-corrected chi connectivity index (χ4v) is 8.73. The monoisotopic (exact) mass is 730 g/mol. The Bertz CT molecular complexity index is 1780. The van der Waals surface area contributed by atoms with E-state index >= 15 is 0 Å². The Labute approximate surface area is 322 Å². The molecule has 6 heteroatoms. The number of thioether (sulfide) groups is 2. The Hall–Kier alpha value is -3.74. The van der Waals surface area contributed by atoms with Crippen LogP contribution in [-0.2, 0) is 25.7 Å². The van der Waals surface area contributed by atoms with Gasteiger partial charge in [0.1, 0.15) is 10.1 Å². The first-order valence-electron chi connectivity index (χ1n) is 18.8. The number of aliphatic imine (C=N–C) groups is 4. The first-order valence-corrected chi connectivity index (χ1v) is 20.8. The van der Waals surface area contributed by atoms with Crippen molar-refractivity contribution >= 4 is 67.8 Å². The summed E-state index contributed by atoms with van der Waals surface area (Å²) in [5, 5.41) is 2.10. The number of aryl methyl sites for hydroxylation is 10. The molecule has 0 bridgehead atoms. The van der Waals surface area contributed by atoms with Crippen LogP contribution >= 0.6 is 23.5 Å². The van der Waals surface area contributed by atoms with E-state index in [9.17, 15) is 0 Å². The largest absolute Gasteiger partial charge is 0.251 e. The summed E-state index contributed by atoms with van der Waals surface area (Å²) in [6.45, 7) is 25.8. The van der Waals surface area contributed by atoms with Crippen LogP contribution in [0.1, 0.15) is 97.2 Å². The van der Waals surface area contributed by atoms with Crippen LogP contribution in [0.15, 0.2) is 80.6 Å². The topological polar surface area (TPSA) is 49.4 Å². The van der Waals surface area contributed by atoms with Gasteiger partial charge < -0.3 is 0 Å². The lowest BCUT2D eigenvalue weighted by molar-refractivity contribution is 1.08. The van der Waals surface area contributed by atoms with Crippen LogP contribution in [-0.4, -0.2) is 33.0 Å². The summed E-state index contributed by atoms with van der Waals surface area (Å²) in [5.74, 6) is 2.16. The van der Waals surface area contributed by atoms with E-state index in [2.05, 4.69) is 144 Å². The Morgan fingerprint density at radius 3 is 1.04 bits per heavy atom. The minimum absolute atomic E-state index is 0.994. The standard InChI is InChI=1S/C24H32N2.C22H26N2S2/c1-7-19-13-11-14-20(8-2)23(19)25-17(5)18(6)26-24-21(9-3)15-12-16-22(24)10-4;1-13-9-15(3)19(16(4)10-13)23-21-22(26-8-7-25-21)24-20-17(5)11-14(2)12-18(20)6/h11-16H,7-10H2,1-6H3;9-12H,7-8H2,1-6H3. The molecule has 274 valence electrons. The second-order valence-electron chi connectivity index (χ2n) is 13.7. The van der Waals surface area contributed by atoms with Crippen LogP contribution in [0.5, 0.6) is 0 Å². The van der Waals surface area contributed by atoms with Gasteiger partial charge in [0.2, 0.25) is 0 Å². The van der Waals surface area contributed by atoms with Crippen molar-refractivity contribution in [2.24, 2.45) is 20.0 Å². The molecule has 0 aliphatic carbocycles. The molecule has 0 radical (unpaired) electrons. The molecule has 5 rings (SSSR count). The maximum Gasteiger partial charge on any atom is 0.129 e. The SMILES string of the molecule is CCc1cccc(CC)c1N=C(C)C(C)=Nc1c(CC)cccc1CC.Cc1cc(C)c(N=C2SCCSC2=Nc2c(C)cc(C)cc2C)c(C)c1. The average Bonchev–Trinajstić information content (AvgIpc) is 3.12. The molecule has 4 aromatic rings. The molecule has 0 saturated carbocycles. The first-order chi connectivity index (χ1) is 24.9. The predicted molar refractivity (Wildman–Crippen MR) is 236 cm³/mol. The molecular formula is C46H58N4S2. The molecule has 4 aromatic carbocycles. The maximum atomic E-state index is 5.04. The molecule has 0 spiro atoms. The summed E-state index contributed by atoms with van der Waals surface area (Å²) >= 11 is 3.64. The van der Waals surface area contributed by atoms with Crippen LogP contribution < -0.4 is 0 Å². The summed E-state index contributed by atoms with van der Waals surface area (Å²) < 4.78 is 0. The molecule has 1 saturated heterocycles. The van der Waals surface area contributed by atoms with Gasteiger partial charge in [-0.15, -0.1) is 23.5 Å². The van der Waals surface area contributed by atoms with Crippen LogP contribution in [0.4, 0.5) is 22.7 Å². The summed E-state index contributed by atoms with van der Waals surface area (Å²) in [6.07, 6.45) is 3.98. The number of benzene rings is 4. The second-order valence-corrected chi connectivity index (χ2v) is 15.9. The third-order valence-electron chi connectivity index (χ3n) is 9.45. The quantitative estimate of drug-likeness (QED) is 0.161. The number of nitrogens with zero attached hydrogens (tertiary/aromatic N) is 4. The third kappa shape index (κ3) is 10.4. The third-order valence-corrected chi connectivity index (χ3v) is 11.8.